The van der Waals surface area contributed by atoms with E-state index in [0.29, 0.717) is 38.9 Å². The van der Waals surface area contributed by atoms with Gasteiger partial charge in [-0.05, 0) is 32.1 Å². The minimum atomic E-state index is -0.143. The van der Waals surface area contributed by atoms with Crippen molar-refractivity contribution in [3.8, 4) is 0 Å². The van der Waals surface area contributed by atoms with E-state index < -0.39 is 0 Å². The van der Waals surface area contributed by atoms with E-state index in [-0.39, 0.29) is 11.9 Å². The van der Waals surface area contributed by atoms with Gasteiger partial charge in [0.25, 0.3) is 0 Å². The first-order valence-corrected chi connectivity index (χ1v) is 15.1. The van der Waals surface area contributed by atoms with Crippen LogP contribution in [0.4, 0.5) is 0 Å². The molecule has 202 valence electrons. The number of esters is 2. The van der Waals surface area contributed by atoms with Gasteiger partial charge in [-0.25, -0.2) is 0 Å². The van der Waals surface area contributed by atoms with Crippen LogP contribution in [-0.4, -0.2) is 31.0 Å². The highest BCUT2D eigenvalue weighted by atomic mass is 35.5. The fourth-order valence-corrected chi connectivity index (χ4v) is 4.27. The predicted octanol–water partition coefficient (Wildman–Crippen LogP) is 9.30. The standard InChI is InChI=1S/C29H55ClO4/c1-2-3-4-5-6-7-8-10-13-16-21-26-33-28(31)23-18-19-24-29(32)34-27-22-17-14-11-9-12-15-20-25-30/h2-27H2,1H3. The molecule has 0 atom stereocenters. The van der Waals surface area contributed by atoms with Crippen LogP contribution in [0.25, 0.3) is 0 Å². The molecule has 0 saturated heterocycles. The molecular weight excluding hydrogens is 448 g/mol. The van der Waals surface area contributed by atoms with Crippen LogP contribution in [0.1, 0.15) is 155 Å². The second-order valence-electron chi connectivity index (χ2n) is 9.70. The van der Waals surface area contributed by atoms with Crippen molar-refractivity contribution in [2.45, 2.75) is 155 Å². The number of hydrogen-bond donors (Lipinski definition) is 0. The molecule has 0 saturated carbocycles. The lowest BCUT2D eigenvalue weighted by atomic mass is 10.1. The van der Waals surface area contributed by atoms with Gasteiger partial charge in [0.15, 0.2) is 0 Å². The van der Waals surface area contributed by atoms with Gasteiger partial charge >= 0.3 is 11.9 Å². The lowest BCUT2D eigenvalue weighted by molar-refractivity contribution is -0.146. The van der Waals surface area contributed by atoms with E-state index in [1.807, 2.05) is 0 Å². The van der Waals surface area contributed by atoms with Crippen molar-refractivity contribution in [3.05, 3.63) is 0 Å². The molecule has 0 rings (SSSR count). The van der Waals surface area contributed by atoms with Crippen molar-refractivity contribution >= 4 is 23.5 Å². The molecule has 0 aromatic carbocycles. The molecule has 4 nitrogen and oxygen atoms in total. The Bertz CT molecular complexity index is 442. The Balaban J connectivity index is 3.28. The fraction of sp³-hybridized carbons (Fsp3) is 0.931. The molecule has 0 fully saturated rings. The Morgan fingerprint density at radius 2 is 0.794 bits per heavy atom. The van der Waals surface area contributed by atoms with Crippen LogP contribution in [-0.2, 0) is 19.1 Å². The van der Waals surface area contributed by atoms with Gasteiger partial charge in [0.1, 0.15) is 0 Å². The average molecular weight is 503 g/mol. The van der Waals surface area contributed by atoms with E-state index in [4.69, 9.17) is 21.1 Å². The maximum absolute atomic E-state index is 11.8. The summed E-state index contributed by atoms with van der Waals surface area (Å²) in [6.07, 6.45) is 25.8. The number of carbonyl (C=O) groups is 2. The number of unbranched alkanes of at least 4 members (excludes halogenated alkanes) is 18. The Labute approximate surface area is 216 Å². The third-order valence-corrected chi connectivity index (χ3v) is 6.58. The summed E-state index contributed by atoms with van der Waals surface area (Å²) >= 11 is 5.67. The average Bonchev–Trinajstić information content (AvgIpc) is 2.83. The second kappa shape index (κ2) is 28.5. The Morgan fingerprint density at radius 3 is 1.15 bits per heavy atom. The molecule has 0 radical (unpaired) electrons. The molecule has 0 aliphatic heterocycles. The normalized spacial score (nSPS) is 11.0. The number of carbonyl (C=O) groups excluding carboxylic acids is 2. The molecule has 34 heavy (non-hydrogen) atoms. The SMILES string of the molecule is CCCCCCCCCCCCCOC(=O)CCCCC(=O)OCCCCCCCCCCCl. The zero-order valence-corrected chi connectivity index (χ0v) is 23.2. The van der Waals surface area contributed by atoms with Crippen molar-refractivity contribution in [3.63, 3.8) is 0 Å². The highest BCUT2D eigenvalue weighted by Gasteiger charge is 2.06. The summed E-state index contributed by atoms with van der Waals surface area (Å²) in [5.41, 5.74) is 0. The van der Waals surface area contributed by atoms with Crippen molar-refractivity contribution in [2.24, 2.45) is 0 Å². The highest BCUT2D eigenvalue weighted by molar-refractivity contribution is 6.17. The van der Waals surface area contributed by atoms with Crippen molar-refractivity contribution in [2.75, 3.05) is 19.1 Å². The van der Waals surface area contributed by atoms with E-state index in [1.165, 1.54) is 89.9 Å². The first kappa shape index (κ1) is 33.2. The molecule has 0 aromatic heterocycles. The third-order valence-electron chi connectivity index (χ3n) is 6.31. The first-order valence-electron chi connectivity index (χ1n) is 14.6. The van der Waals surface area contributed by atoms with Crippen molar-refractivity contribution < 1.29 is 19.1 Å². The van der Waals surface area contributed by atoms with Crippen molar-refractivity contribution in [1.82, 2.24) is 0 Å². The van der Waals surface area contributed by atoms with Gasteiger partial charge in [-0.3, -0.25) is 9.59 Å². The minimum Gasteiger partial charge on any atom is -0.466 e. The molecular formula is C29H55ClO4. The number of hydrogen-bond acceptors (Lipinski definition) is 4. The minimum absolute atomic E-state index is 0.136. The quantitative estimate of drug-likeness (QED) is 0.0637. The van der Waals surface area contributed by atoms with Crippen LogP contribution < -0.4 is 0 Å². The molecule has 0 bridgehead atoms. The Hall–Kier alpha value is -0.770. The summed E-state index contributed by atoms with van der Waals surface area (Å²) in [6.45, 7) is 3.31. The lowest BCUT2D eigenvalue weighted by Gasteiger charge is -2.06. The van der Waals surface area contributed by atoms with Crippen LogP contribution in [0.15, 0.2) is 0 Å². The topological polar surface area (TPSA) is 52.6 Å². The van der Waals surface area contributed by atoms with E-state index >= 15 is 0 Å². The number of ether oxygens (including phenoxy) is 2. The summed E-state index contributed by atoms with van der Waals surface area (Å²) in [7, 11) is 0. The molecule has 0 heterocycles. The van der Waals surface area contributed by atoms with E-state index in [1.54, 1.807) is 0 Å². The van der Waals surface area contributed by atoms with Gasteiger partial charge in [0.05, 0.1) is 13.2 Å². The Morgan fingerprint density at radius 1 is 0.471 bits per heavy atom. The zero-order chi connectivity index (χ0) is 25.0. The molecule has 0 unspecified atom stereocenters. The monoisotopic (exact) mass is 502 g/mol. The maximum Gasteiger partial charge on any atom is 0.305 e. The van der Waals surface area contributed by atoms with Gasteiger partial charge in [-0.15, -0.1) is 11.6 Å². The van der Waals surface area contributed by atoms with Crippen LogP contribution in [0.2, 0.25) is 0 Å². The molecule has 0 aromatic rings. The van der Waals surface area contributed by atoms with Gasteiger partial charge < -0.3 is 9.47 Å². The largest absolute Gasteiger partial charge is 0.466 e. The second-order valence-corrected chi connectivity index (χ2v) is 10.1. The number of halogens is 1. The molecule has 0 spiro atoms. The van der Waals surface area contributed by atoms with Crippen LogP contribution in [0.5, 0.6) is 0 Å². The van der Waals surface area contributed by atoms with E-state index in [2.05, 4.69) is 6.92 Å². The summed E-state index contributed by atoms with van der Waals surface area (Å²) in [4.78, 5) is 23.6. The van der Waals surface area contributed by atoms with Gasteiger partial charge in [0.2, 0.25) is 0 Å². The van der Waals surface area contributed by atoms with E-state index in [9.17, 15) is 9.59 Å². The van der Waals surface area contributed by atoms with Crippen LogP contribution >= 0.6 is 11.6 Å². The summed E-state index contributed by atoms with van der Waals surface area (Å²) in [5, 5.41) is 0. The summed E-state index contributed by atoms with van der Waals surface area (Å²) in [6, 6.07) is 0. The van der Waals surface area contributed by atoms with Crippen molar-refractivity contribution in [1.29, 1.82) is 0 Å². The number of rotatable bonds is 27. The first-order chi connectivity index (χ1) is 16.7. The highest BCUT2D eigenvalue weighted by Crippen LogP contribution is 2.12. The molecule has 0 N–H and O–H groups in total. The smallest absolute Gasteiger partial charge is 0.305 e. The molecule has 0 amide bonds. The molecule has 0 aliphatic carbocycles. The Kier molecular flexibility index (Phi) is 27.8. The number of alkyl halides is 1. The third kappa shape index (κ3) is 27.5. The zero-order valence-electron chi connectivity index (χ0n) is 22.4. The van der Waals surface area contributed by atoms with E-state index in [0.717, 1.165) is 38.0 Å². The maximum atomic E-state index is 11.8. The predicted molar refractivity (Wildman–Crippen MR) is 145 cm³/mol. The van der Waals surface area contributed by atoms with Gasteiger partial charge in [-0.2, -0.15) is 0 Å². The lowest BCUT2D eigenvalue weighted by Crippen LogP contribution is -2.08. The van der Waals surface area contributed by atoms with Gasteiger partial charge in [0, 0.05) is 18.7 Å². The summed E-state index contributed by atoms with van der Waals surface area (Å²) in [5.74, 6) is 0.494. The van der Waals surface area contributed by atoms with Gasteiger partial charge in [-0.1, -0.05) is 110 Å². The van der Waals surface area contributed by atoms with Crippen LogP contribution in [0, 0.1) is 0 Å². The molecule has 5 heteroatoms. The van der Waals surface area contributed by atoms with Crippen LogP contribution in [0.3, 0.4) is 0 Å². The summed E-state index contributed by atoms with van der Waals surface area (Å²) < 4.78 is 10.6. The fourth-order valence-electron chi connectivity index (χ4n) is 4.08. The molecule has 0 aliphatic rings.